The molecule has 238 valence electrons. The molecular formula is C32H54N2O5S2Si. The largest absolute Gasteiger partial charge is 0.415 e. The Morgan fingerprint density at radius 1 is 1.07 bits per heavy atom. The lowest BCUT2D eigenvalue weighted by Crippen LogP contribution is -2.55. The smallest absolute Gasteiger partial charge is 0.219 e. The minimum absolute atomic E-state index is 0.0389. The van der Waals surface area contributed by atoms with Gasteiger partial charge in [-0.05, 0) is 75.9 Å². The molecule has 0 spiro atoms. The molecule has 0 aliphatic heterocycles. The highest BCUT2D eigenvalue weighted by atomic mass is 32.2. The van der Waals surface area contributed by atoms with Crippen LogP contribution in [0.4, 0.5) is 0 Å². The van der Waals surface area contributed by atoms with Crippen LogP contribution < -0.4 is 0 Å². The van der Waals surface area contributed by atoms with Gasteiger partial charge >= 0.3 is 0 Å². The van der Waals surface area contributed by atoms with Crippen molar-refractivity contribution in [3.8, 4) is 0 Å². The third-order valence-electron chi connectivity index (χ3n) is 7.92. The summed E-state index contributed by atoms with van der Waals surface area (Å²) in [5.41, 5.74) is 0. The Hall–Kier alpha value is -1.85. The number of nitrogens with zero attached hydrogens (tertiary/aromatic N) is 2. The number of sulfonamides is 1. The molecule has 0 heterocycles. The van der Waals surface area contributed by atoms with Crippen LogP contribution in [0.2, 0.25) is 18.1 Å². The molecular weight excluding hydrogens is 585 g/mol. The summed E-state index contributed by atoms with van der Waals surface area (Å²) < 4.78 is 54.1. The first-order valence-electron chi connectivity index (χ1n) is 14.5. The quantitative estimate of drug-likeness (QED) is 0.120. The number of hydrogen-bond acceptors (Lipinski definition) is 6. The van der Waals surface area contributed by atoms with Crippen LogP contribution in [0.1, 0.15) is 62.3 Å². The molecule has 1 aromatic carbocycles. The van der Waals surface area contributed by atoms with E-state index in [1.54, 1.807) is 70.2 Å². The van der Waals surface area contributed by atoms with Crippen LogP contribution in [0.3, 0.4) is 0 Å². The van der Waals surface area contributed by atoms with Crippen molar-refractivity contribution in [1.29, 1.82) is 0 Å². The summed E-state index contributed by atoms with van der Waals surface area (Å²) in [6.45, 7) is 25.4. The average molecular weight is 639 g/mol. The zero-order valence-corrected chi connectivity index (χ0v) is 30.4. The molecule has 1 rings (SSSR count). The van der Waals surface area contributed by atoms with E-state index in [1.165, 1.54) is 17.4 Å². The predicted molar refractivity (Wildman–Crippen MR) is 180 cm³/mol. The molecule has 0 aliphatic rings. The Kier molecular flexibility index (Phi) is 13.4. The Morgan fingerprint density at radius 3 is 2.02 bits per heavy atom. The number of allylic oxidation sites excluding steroid dienone is 3. The molecule has 1 aromatic rings. The Labute approximate surface area is 257 Å². The number of rotatable bonds is 14. The summed E-state index contributed by atoms with van der Waals surface area (Å²) in [5.74, 6) is -1.12. The Morgan fingerprint density at radius 2 is 1.62 bits per heavy atom. The van der Waals surface area contributed by atoms with Gasteiger partial charge in [-0.3, -0.25) is 4.79 Å². The second-order valence-corrected chi connectivity index (χ2v) is 23.1. The lowest BCUT2D eigenvalue weighted by Gasteiger charge is -2.43. The van der Waals surface area contributed by atoms with Crippen molar-refractivity contribution < 1.29 is 21.8 Å². The molecule has 0 aromatic heterocycles. The van der Waals surface area contributed by atoms with Gasteiger partial charge in [0.1, 0.15) is 9.73 Å². The second kappa shape index (κ2) is 14.7. The molecule has 0 aliphatic carbocycles. The molecule has 0 bridgehead atoms. The van der Waals surface area contributed by atoms with Crippen LogP contribution in [0.15, 0.2) is 75.4 Å². The van der Waals surface area contributed by atoms with Crippen LogP contribution in [0.5, 0.6) is 0 Å². The molecule has 7 nitrogen and oxygen atoms in total. The van der Waals surface area contributed by atoms with Gasteiger partial charge in [0, 0.05) is 13.6 Å². The predicted octanol–water partition coefficient (Wildman–Crippen LogP) is 7.45. The monoisotopic (exact) mass is 638 g/mol. The minimum atomic E-state index is -3.87. The van der Waals surface area contributed by atoms with Crippen molar-refractivity contribution in [1.82, 2.24) is 4.31 Å². The number of carbonyl (C=O) groups excluding carboxylic acids is 1. The Bertz CT molecular complexity index is 1360. The van der Waals surface area contributed by atoms with E-state index in [0.29, 0.717) is 4.90 Å². The first-order chi connectivity index (χ1) is 19.1. The Balaban J connectivity index is 4.16. The highest BCUT2D eigenvalue weighted by Crippen LogP contribution is 2.38. The van der Waals surface area contributed by atoms with Gasteiger partial charge in [-0.25, -0.2) is 17.0 Å². The maximum Gasteiger partial charge on any atom is 0.219 e. The molecule has 0 amide bonds. The normalized spacial score (nSPS) is 16.9. The zero-order chi connectivity index (χ0) is 32.7. The van der Waals surface area contributed by atoms with E-state index in [0.717, 1.165) is 0 Å². The van der Waals surface area contributed by atoms with Gasteiger partial charge in [-0.2, -0.15) is 4.31 Å². The molecule has 42 heavy (non-hydrogen) atoms. The van der Waals surface area contributed by atoms with Crippen molar-refractivity contribution in [2.75, 3.05) is 20.2 Å². The number of carbonyl (C=O) groups is 1. The molecule has 3 atom stereocenters. The van der Waals surface area contributed by atoms with Crippen LogP contribution in [-0.4, -0.2) is 62.0 Å². The topological polar surface area (TPSA) is 93.1 Å². The fraction of sp³-hybridized carbons (Fsp3) is 0.594. The lowest BCUT2D eigenvalue weighted by atomic mass is 9.87. The van der Waals surface area contributed by atoms with E-state index >= 15 is 0 Å². The third kappa shape index (κ3) is 8.84. The van der Waals surface area contributed by atoms with Gasteiger partial charge in [-0.15, -0.1) is 6.58 Å². The summed E-state index contributed by atoms with van der Waals surface area (Å²) >= 11 is 0. The van der Waals surface area contributed by atoms with E-state index in [4.69, 9.17) is 4.43 Å². The SMILES string of the molecule is C=CCN([C@H](CO[Si](C)(C)C(C)(C)C)[C@@H](/C=C(\C(=O)/C=C/C)S(=O)(=NC)c1ccccc1)C(C)C)S(=O)(=O)C(C)(C)C. The highest BCUT2D eigenvalue weighted by Gasteiger charge is 2.44. The molecule has 0 fully saturated rings. The summed E-state index contributed by atoms with van der Waals surface area (Å²) in [4.78, 5) is 14.1. The second-order valence-electron chi connectivity index (χ2n) is 13.4. The maximum absolute atomic E-state index is 14.6. The summed E-state index contributed by atoms with van der Waals surface area (Å²) in [6, 6.07) is 8.02. The molecule has 0 saturated carbocycles. The van der Waals surface area contributed by atoms with Crippen LogP contribution >= 0.6 is 0 Å². The van der Waals surface area contributed by atoms with E-state index < -0.39 is 50.6 Å². The van der Waals surface area contributed by atoms with Crippen LogP contribution in [0.25, 0.3) is 0 Å². The van der Waals surface area contributed by atoms with Crippen molar-refractivity contribution >= 4 is 33.9 Å². The summed E-state index contributed by atoms with van der Waals surface area (Å²) in [6.07, 6.45) is 6.26. The van der Waals surface area contributed by atoms with E-state index in [1.807, 2.05) is 19.9 Å². The first-order valence-corrected chi connectivity index (χ1v) is 20.3. The maximum atomic E-state index is 14.6. The fourth-order valence-corrected chi connectivity index (χ4v) is 8.64. The van der Waals surface area contributed by atoms with Crippen LogP contribution in [0, 0.1) is 11.8 Å². The molecule has 0 saturated heterocycles. The summed E-state index contributed by atoms with van der Waals surface area (Å²) in [7, 11) is -8.07. The fourth-order valence-electron chi connectivity index (χ4n) is 4.19. The standard InChI is InChI=1S/C32H54N2O5S2Si/c1-14-19-29(35)30(40(36,33-11)26-20-17-16-18-21-26)23-27(25(3)4)28(24-39-42(12,13)32(8,9)10)34(22-15-2)41(37,38)31(5,6)7/h14-21,23,25,27-28H,2,22,24H2,1,3-13H3/b19-14+,30-23+/t27-,28+,40?/m0/s1. The van der Waals surface area contributed by atoms with Gasteiger partial charge < -0.3 is 4.43 Å². The third-order valence-corrected chi connectivity index (χ3v) is 17.4. The number of ketones is 1. The van der Waals surface area contributed by atoms with Gasteiger partial charge in [0.05, 0.1) is 27.2 Å². The molecule has 10 heteroatoms. The number of hydrogen-bond donors (Lipinski definition) is 0. The lowest BCUT2D eigenvalue weighted by molar-refractivity contribution is -0.110. The van der Waals surface area contributed by atoms with Gasteiger partial charge in [0.25, 0.3) is 0 Å². The molecule has 0 N–H and O–H groups in total. The minimum Gasteiger partial charge on any atom is -0.415 e. The van der Waals surface area contributed by atoms with Gasteiger partial charge in [0.2, 0.25) is 10.0 Å². The van der Waals surface area contributed by atoms with E-state index in [-0.39, 0.29) is 29.0 Å². The van der Waals surface area contributed by atoms with Crippen LogP contribution in [-0.2, 0) is 29.0 Å². The van der Waals surface area contributed by atoms with Crippen molar-refractivity contribution in [2.45, 2.75) is 96.1 Å². The zero-order valence-electron chi connectivity index (χ0n) is 27.8. The molecule has 1 unspecified atom stereocenters. The van der Waals surface area contributed by atoms with E-state index in [2.05, 4.69) is 44.8 Å². The molecule has 0 radical (unpaired) electrons. The highest BCUT2D eigenvalue weighted by molar-refractivity contribution is 7.98. The van der Waals surface area contributed by atoms with Gasteiger partial charge in [-0.1, -0.05) is 71.0 Å². The van der Waals surface area contributed by atoms with Crippen molar-refractivity contribution in [3.05, 3.63) is 66.1 Å². The van der Waals surface area contributed by atoms with Gasteiger partial charge in [0.15, 0.2) is 14.1 Å². The first kappa shape index (κ1) is 38.2. The average Bonchev–Trinajstić information content (AvgIpc) is 2.88. The van der Waals surface area contributed by atoms with Crippen molar-refractivity contribution in [3.63, 3.8) is 0 Å². The van der Waals surface area contributed by atoms with Crippen molar-refractivity contribution in [2.24, 2.45) is 16.2 Å². The number of benzene rings is 1. The van der Waals surface area contributed by atoms with E-state index in [9.17, 15) is 17.4 Å². The summed E-state index contributed by atoms with van der Waals surface area (Å²) in [5, 5.41) is -0.108.